The van der Waals surface area contributed by atoms with Gasteiger partial charge in [0.1, 0.15) is 6.33 Å². The Kier molecular flexibility index (Phi) is 2.46. The summed E-state index contributed by atoms with van der Waals surface area (Å²) in [4.78, 5) is 5.87. The number of imidazole rings is 1. The molecule has 1 aromatic heterocycles. The topological polar surface area (TPSA) is 67.2 Å². The molecule has 0 fully saturated rings. The van der Waals surface area contributed by atoms with Crippen LogP contribution in [0.2, 0.25) is 0 Å². The zero-order valence-electron chi connectivity index (χ0n) is 6.80. The minimum absolute atomic E-state index is 0.993. The van der Waals surface area contributed by atoms with Crippen LogP contribution in [0, 0.1) is 0 Å². The van der Waals surface area contributed by atoms with Gasteiger partial charge in [0.05, 0.1) is 0 Å². The third-order valence-corrected chi connectivity index (χ3v) is 2.42. The zero-order chi connectivity index (χ0) is 9.19. The van der Waals surface area contributed by atoms with E-state index in [-0.39, 0.29) is 0 Å². The number of nitrogens with one attached hydrogen (secondary N) is 1. The SMILES string of the molecule is CN(C)NS(=O)(=O)n1ccnc1. The van der Waals surface area contributed by atoms with Gasteiger partial charge in [-0.1, -0.05) is 0 Å². The quantitative estimate of drug-likeness (QED) is 0.623. The van der Waals surface area contributed by atoms with E-state index in [1.54, 1.807) is 14.1 Å². The summed E-state index contributed by atoms with van der Waals surface area (Å²) in [6.45, 7) is 0. The van der Waals surface area contributed by atoms with Crippen molar-refractivity contribution in [1.29, 1.82) is 0 Å². The summed E-state index contributed by atoms with van der Waals surface area (Å²) in [5.74, 6) is 0. The molecule has 68 valence electrons. The smallest absolute Gasteiger partial charge is 0.244 e. The van der Waals surface area contributed by atoms with E-state index in [1.807, 2.05) is 0 Å². The van der Waals surface area contributed by atoms with Gasteiger partial charge >= 0.3 is 10.2 Å². The first-order valence-corrected chi connectivity index (χ1v) is 4.64. The van der Waals surface area contributed by atoms with Crippen LogP contribution in [0.1, 0.15) is 0 Å². The van der Waals surface area contributed by atoms with Crippen LogP contribution in [0.4, 0.5) is 0 Å². The van der Waals surface area contributed by atoms with Crippen LogP contribution >= 0.6 is 0 Å². The van der Waals surface area contributed by atoms with Gasteiger partial charge < -0.3 is 0 Å². The van der Waals surface area contributed by atoms with Gasteiger partial charge in [0, 0.05) is 26.5 Å². The first kappa shape index (κ1) is 9.17. The molecule has 0 aromatic carbocycles. The lowest BCUT2D eigenvalue weighted by Gasteiger charge is -2.11. The van der Waals surface area contributed by atoms with Crippen LogP contribution in [0.3, 0.4) is 0 Å². The molecule has 0 spiro atoms. The lowest BCUT2D eigenvalue weighted by atomic mass is 11.0. The van der Waals surface area contributed by atoms with Crippen LogP contribution < -0.4 is 4.83 Å². The van der Waals surface area contributed by atoms with E-state index < -0.39 is 10.2 Å². The molecule has 1 rings (SSSR count). The van der Waals surface area contributed by atoms with E-state index in [2.05, 4.69) is 9.82 Å². The van der Waals surface area contributed by atoms with Crippen LogP contribution in [0.25, 0.3) is 0 Å². The molecule has 0 aliphatic heterocycles. The number of hydrogen-bond donors (Lipinski definition) is 1. The Balaban J connectivity index is 2.88. The summed E-state index contributed by atoms with van der Waals surface area (Å²) in [7, 11) is -0.303. The molecule has 1 aromatic rings. The molecule has 0 atom stereocenters. The predicted molar refractivity (Wildman–Crippen MR) is 43.4 cm³/mol. The molecule has 1 N–H and O–H groups in total. The molecule has 0 aliphatic carbocycles. The van der Waals surface area contributed by atoms with Gasteiger partial charge in [0.15, 0.2) is 0 Å². The van der Waals surface area contributed by atoms with Crippen molar-refractivity contribution >= 4 is 10.2 Å². The van der Waals surface area contributed by atoms with Crippen molar-refractivity contribution in [3.8, 4) is 0 Å². The molecular weight excluding hydrogens is 180 g/mol. The maximum atomic E-state index is 11.3. The van der Waals surface area contributed by atoms with Crippen molar-refractivity contribution < 1.29 is 8.42 Å². The summed E-state index contributed by atoms with van der Waals surface area (Å²) in [6, 6.07) is 0. The van der Waals surface area contributed by atoms with E-state index in [9.17, 15) is 8.42 Å². The standard InChI is InChI=1S/C5H10N4O2S/c1-8(2)7-12(10,11)9-4-3-6-5-9/h3-5,7H,1-2H3. The monoisotopic (exact) mass is 190 g/mol. The van der Waals surface area contributed by atoms with Crippen LogP contribution in [-0.2, 0) is 10.2 Å². The second-order valence-electron chi connectivity index (χ2n) is 2.38. The Morgan fingerprint density at radius 1 is 1.50 bits per heavy atom. The van der Waals surface area contributed by atoms with Gasteiger partial charge in [0.25, 0.3) is 0 Å². The Labute approximate surface area is 71.0 Å². The maximum absolute atomic E-state index is 11.3. The van der Waals surface area contributed by atoms with Crippen molar-refractivity contribution in [1.82, 2.24) is 18.8 Å². The summed E-state index contributed by atoms with van der Waals surface area (Å²) in [5.41, 5.74) is 0. The van der Waals surface area contributed by atoms with E-state index in [4.69, 9.17) is 0 Å². The van der Waals surface area contributed by atoms with Gasteiger partial charge in [-0.15, -0.1) is 4.83 Å². The number of hydrogen-bond acceptors (Lipinski definition) is 4. The highest BCUT2D eigenvalue weighted by Crippen LogP contribution is 1.91. The molecule has 0 saturated heterocycles. The van der Waals surface area contributed by atoms with E-state index in [1.165, 1.54) is 23.7 Å². The molecule has 0 saturated carbocycles. The van der Waals surface area contributed by atoms with Gasteiger partial charge in [-0.3, -0.25) is 0 Å². The van der Waals surface area contributed by atoms with Gasteiger partial charge in [0.2, 0.25) is 0 Å². The fourth-order valence-electron chi connectivity index (χ4n) is 0.667. The molecular formula is C5H10N4O2S. The number of hydrazine groups is 1. The first-order chi connectivity index (χ1) is 5.52. The normalized spacial score (nSPS) is 12.2. The summed E-state index contributed by atoms with van der Waals surface area (Å²) in [5, 5.41) is 1.34. The van der Waals surface area contributed by atoms with E-state index in [0.29, 0.717) is 0 Å². The minimum Gasteiger partial charge on any atom is -0.244 e. The average Bonchev–Trinajstić information content (AvgIpc) is 2.32. The Morgan fingerprint density at radius 2 is 2.17 bits per heavy atom. The lowest BCUT2D eigenvalue weighted by Crippen LogP contribution is -2.39. The van der Waals surface area contributed by atoms with Crippen molar-refractivity contribution in [2.45, 2.75) is 0 Å². The van der Waals surface area contributed by atoms with Gasteiger partial charge in [-0.25, -0.2) is 14.0 Å². The van der Waals surface area contributed by atoms with Crippen molar-refractivity contribution in [3.63, 3.8) is 0 Å². The maximum Gasteiger partial charge on any atom is 0.319 e. The highest BCUT2D eigenvalue weighted by Gasteiger charge is 2.11. The molecule has 7 heteroatoms. The van der Waals surface area contributed by atoms with E-state index in [0.717, 1.165) is 3.97 Å². The molecule has 0 unspecified atom stereocenters. The third kappa shape index (κ3) is 2.03. The largest absolute Gasteiger partial charge is 0.319 e. The fourth-order valence-corrected chi connectivity index (χ4v) is 1.62. The summed E-state index contributed by atoms with van der Waals surface area (Å²) < 4.78 is 23.5. The zero-order valence-corrected chi connectivity index (χ0v) is 7.61. The summed E-state index contributed by atoms with van der Waals surface area (Å²) >= 11 is 0. The molecule has 0 radical (unpaired) electrons. The average molecular weight is 190 g/mol. The second-order valence-corrected chi connectivity index (χ2v) is 3.94. The number of rotatable bonds is 3. The highest BCUT2D eigenvalue weighted by molar-refractivity contribution is 7.87. The highest BCUT2D eigenvalue weighted by atomic mass is 32.2. The summed E-state index contributed by atoms with van der Waals surface area (Å²) in [6.07, 6.45) is 3.96. The van der Waals surface area contributed by atoms with E-state index >= 15 is 0 Å². The molecule has 0 amide bonds. The van der Waals surface area contributed by atoms with Crippen LogP contribution in [0.5, 0.6) is 0 Å². The Morgan fingerprint density at radius 3 is 2.58 bits per heavy atom. The Hall–Kier alpha value is -0.920. The molecule has 12 heavy (non-hydrogen) atoms. The first-order valence-electron chi connectivity index (χ1n) is 3.20. The van der Waals surface area contributed by atoms with Crippen LogP contribution in [-0.4, -0.2) is 36.5 Å². The fraction of sp³-hybridized carbons (Fsp3) is 0.400. The molecule has 0 aliphatic rings. The minimum atomic E-state index is -3.49. The van der Waals surface area contributed by atoms with Crippen molar-refractivity contribution in [3.05, 3.63) is 18.7 Å². The third-order valence-electron chi connectivity index (χ3n) is 1.06. The lowest BCUT2D eigenvalue weighted by molar-refractivity contribution is 0.361. The van der Waals surface area contributed by atoms with Gasteiger partial charge in [-0.2, -0.15) is 8.42 Å². The van der Waals surface area contributed by atoms with Crippen LogP contribution in [0.15, 0.2) is 18.7 Å². The Bertz CT molecular complexity index is 328. The van der Waals surface area contributed by atoms with Gasteiger partial charge in [-0.05, 0) is 0 Å². The second kappa shape index (κ2) is 3.21. The predicted octanol–water partition coefficient (Wildman–Crippen LogP) is -0.958. The number of nitrogens with zero attached hydrogens (tertiary/aromatic N) is 3. The molecule has 6 nitrogen and oxygen atoms in total. The van der Waals surface area contributed by atoms with Crippen molar-refractivity contribution in [2.24, 2.45) is 0 Å². The number of aromatic nitrogens is 2. The molecule has 0 bridgehead atoms. The molecule has 1 heterocycles. The van der Waals surface area contributed by atoms with Crippen molar-refractivity contribution in [2.75, 3.05) is 14.1 Å².